The molecule has 2 nitrogen and oxygen atoms in total. The molecule has 0 N–H and O–H groups in total. The summed E-state index contributed by atoms with van der Waals surface area (Å²) in [5.41, 5.74) is 3.76. The van der Waals surface area contributed by atoms with Crippen molar-refractivity contribution in [3.05, 3.63) is 83.6 Å². The molecule has 0 radical (unpaired) electrons. The molecule has 0 aliphatic heterocycles. The Labute approximate surface area is 119 Å². The molecule has 98 valence electrons. The van der Waals surface area contributed by atoms with Crippen molar-refractivity contribution in [2.45, 2.75) is 5.60 Å². The molecule has 0 bridgehead atoms. The molecule has 1 unspecified atom stereocenters. The lowest BCUT2D eigenvalue weighted by Crippen LogP contribution is -2.23. The quantitative estimate of drug-likeness (QED) is 0.781. The van der Waals surface area contributed by atoms with Crippen LogP contribution in [0.4, 0.5) is 0 Å². The van der Waals surface area contributed by atoms with Gasteiger partial charge in [-0.25, -0.2) is 0 Å². The number of hydrogen-bond acceptors (Lipinski definition) is 2. The topological polar surface area (TPSA) is 33.0 Å². The molecule has 0 aliphatic rings. The molecule has 0 aliphatic carbocycles. The summed E-state index contributed by atoms with van der Waals surface area (Å²) >= 11 is 0. The molecule has 2 heteroatoms. The highest BCUT2D eigenvalue weighted by Crippen LogP contribution is 2.25. The molecule has 0 amide bonds. The Morgan fingerprint density at radius 2 is 1.60 bits per heavy atom. The Balaban J connectivity index is 2.36. The fraction of sp³-hybridized carbons (Fsp3) is 0.111. The maximum absolute atomic E-state index is 9.47. The maximum Gasteiger partial charge on any atom is 0.205 e. The third-order valence-electron chi connectivity index (χ3n) is 3.03. The average molecular weight is 261 g/mol. The van der Waals surface area contributed by atoms with E-state index in [2.05, 4.69) is 11.8 Å². The molecule has 0 fully saturated rings. The number of nitriles is 1. The fourth-order valence-corrected chi connectivity index (χ4v) is 1.89. The van der Waals surface area contributed by atoms with Crippen LogP contribution < -0.4 is 0 Å². The predicted molar refractivity (Wildman–Crippen MR) is 79.7 cm³/mol. The van der Waals surface area contributed by atoms with Crippen LogP contribution in [0.3, 0.4) is 0 Å². The summed E-state index contributed by atoms with van der Waals surface area (Å²) in [4.78, 5) is 0. The molecule has 2 rings (SSSR count). The Morgan fingerprint density at radius 3 is 2.15 bits per heavy atom. The standard InChI is InChI=1S/C18H15NO/c1-20-18(15-19,17-12-6-3-7-13-17)14-8-11-16-9-4-2-5-10-16/h2-7,9-14H,1H3. The van der Waals surface area contributed by atoms with Crippen molar-refractivity contribution in [2.75, 3.05) is 7.11 Å². The highest BCUT2D eigenvalue weighted by atomic mass is 16.5. The minimum absolute atomic E-state index is 0.791. The second-order valence-corrected chi connectivity index (χ2v) is 4.28. The van der Waals surface area contributed by atoms with Crippen molar-refractivity contribution < 1.29 is 4.74 Å². The van der Waals surface area contributed by atoms with Gasteiger partial charge in [0.1, 0.15) is 6.07 Å². The third-order valence-corrected chi connectivity index (χ3v) is 3.03. The van der Waals surface area contributed by atoms with Gasteiger partial charge >= 0.3 is 0 Å². The lowest BCUT2D eigenvalue weighted by atomic mass is 9.95. The molecule has 1 atom stereocenters. The van der Waals surface area contributed by atoms with Crippen LogP contribution in [-0.4, -0.2) is 7.11 Å². The predicted octanol–water partition coefficient (Wildman–Crippen LogP) is 3.92. The third kappa shape index (κ3) is 3.05. The first-order chi connectivity index (χ1) is 9.80. The largest absolute Gasteiger partial charge is 0.355 e. The molecule has 2 aromatic rings. The monoisotopic (exact) mass is 261 g/mol. The first-order valence-electron chi connectivity index (χ1n) is 6.31. The summed E-state index contributed by atoms with van der Waals surface area (Å²) in [7, 11) is 1.52. The Kier molecular flexibility index (Phi) is 4.52. The van der Waals surface area contributed by atoms with Gasteiger partial charge in [-0.2, -0.15) is 5.26 Å². The highest BCUT2D eigenvalue weighted by molar-refractivity contribution is 5.49. The first-order valence-corrected chi connectivity index (χ1v) is 6.31. The molecule has 20 heavy (non-hydrogen) atoms. The van der Waals surface area contributed by atoms with Crippen LogP contribution in [0.1, 0.15) is 11.1 Å². The molecule has 0 saturated heterocycles. The van der Waals surface area contributed by atoms with Crippen LogP contribution in [0.5, 0.6) is 0 Å². The molecular weight excluding hydrogens is 246 g/mol. The summed E-state index contributed by atoms with van der Waals surface area (Å²) in [5, 5.41) is 9.47. The zero-order chi connectivity index (χ0) is 14.3. The van der Waals surface area contributed by atoms with E-state index in [1.165, 1.54) is 7.11 Å². The van der Waals surface area contributed by atoms with Crippen LogP contribution in [-0.2, 0) is 10.3 Å². The van der Waals surface area contributed by atoms with E-state index in [9.17, 15) is 5.26 Å². The van der Waals surface area contributed by atoms with E-state index in [-0.39, 0.29) is 0 Å². The summed E-state index contributed by atoms with van der Waals surface area (Å²) in [5.74, 6) is 0. The van der Waals surface area contributed by atoms with Crippen LogP contribution >= 0.6 is 0 Å². The van der Waals surface area contributed by atoms with E-state index >= 15 is 0 Å². The van der Waals surface area contributed by atoms with Crippen molar-refractivity contribution in [3.63, 3.8) is 0 Å². The van der Waals surface area contributed by atoms with E-state index in [1.807, 2.05) is 66.7 Å². The van der Waals surface area contributed by atoms with Gasteiger partial charge in [-0.3, -0.25) is 0 Å². The molecule has 0 aromatic heterocycles. The van der Waals surface area contributed by atoms with E-state index < -0.39 is 5.60 Å². The van der Waals surface area contributed by atoms with Crippen molar-refractivity contribution in [2.24, 2.45) is 0 Å². The molecule has 0 spiro atoms. The SMILES string of the molecule is COC(C#N)(C=C=Cc1ccccc1)c1ccccc1. The average Bonchev–Trinajstić information content (AvgIpc) is 2.54. The van der Waals surface area contributed by atoms with Gasteiger partial charge in [0.15, 0.2) is 0 Å². The Morgan fingerprint density at radius 1 is 1.00 bits per heavy atom. The Hall–Kier alpha value is -2.59. The van der Waals surface area contributed by atoms with Crippen molar-refractivity contribution in [3.8, 4) is 6.07 Å². The van der Waals surface area contributed by atoms with Crippen molar-refractivity contribution in [1.82, 2.24) is 0 Å². The van der Waals surface area contributed by atoms with Crippen LogP contribution in [0.15, 0.2) is 72.5 Å². The summed E-state index contributed by atoms with van der Waals surface area (Å²) in [6, 6.07) is 21.4. The number of ether oxygens (including phenoxy) is 1. The zero-order valence-electron chi connectivity index (χ0n) is 11.3. The smallest absolute Gasteiger partial charge is 0.205 e. The van der Waals surface area contributed by atoms with E-state index in [4.69, 9.17) is 4.74 Å². The molecule has 2 aromatic carbocycles. The second-order valence-electron chi connectivity index (χ2n) is 4.28. The van der Waals surface area contributed by atoms with Gasteiger partial charge in [-0.15, -0.1) is 5.73 Å². The maximum atomic E-state index is 9.47. The number of benzene rings is 2. The van der Waals surface area contributed by atoms with E-state index in [0.717, 1.165) is 11.1 Å². The van der Waals surface area contributed by atoms with Crippen LogP contribution in [0.25, 0.3) is 6.08 Å². The summed E-state index contributed by atoms with van der Waals surface area (Å²) in [6.45, 7) is 0. The minimum atomic E-state index is -1.10. The number of hydrogen-bond donors (Lipinski definition) is 0. The highest BCUT2D eigenvalue weighted by Gasteiger charge is 2.28. The van der Waals surface area contributed by atoms with E-state index in [0.29, 0.717) is 0 Å². The fourth-order valence-electron chi connectivity index (χ4n) is 1.89. The van der Waals surface area contributed by atoms with Gasteiger partial charge in [-0.05, 0) is 11.6 Å². The molecule has 0 saturated carbocycles. The number of methoxy groups -OCH3 is 1. The zero-order valence-corrected chi connectivity index (χ0v) is 11.3. The van der Waals surface area contributed by atoms with E-state index in [1.54, 1.807) is 6.08 Å². The lowest BCUT2D eigenvalue weighted by molar-refractivity contribution is 0.0794. The van der Waals surface area contributed by atoms with Crippen molar-refractivity contribution >= 4 is 6.08 Å². The van der Waals surface area contributed by atoms with Crippen molar-refractivity contribution in [1.29, 1.82) is 5.26 Å². The minimum Gasteiger partial charge on any atom is -0.355 e. The molecular formula is C18H15NO. The number of rotatable bonds is 4. The molecule has 0 heterocycles. The van der Waals surface area contributed by atoms with Gasteiger partial charge in [0.2, 0.25) is 5.60 Å². The normalized spacial score (nSPS) is 12.6. The van der Waals surface area contributed by atoms with Gasteiger partial charge in [0.05, 0.1) is 0 Å². The van der Waals surface area contributed by atoms with Crippen LogP contribution in [0, 0.1) is 11.3 Å². The van der Waals surface area contributed by atoms with Gasteiger partial charge in [0.25, 0.3) is 0 Å². The second kappa shape index (κ2) is 6.54. The van der Waals surface area contributed by atoms with Gasteiger partial charge in [0, 0.05) is 18.7 Å². The van der Waals surface area contributed by atoms with Crippen LogP contribution in [0.2, 0.25) is 0 Å². The summed E-state index contributed by atoms with van der Waals surface area (Å²) in [6.07, 6.45) is 3.48. The summed E-state index contributed by atoms with van der Waals surface area (Å²) < 4.78 is 5.41. The van der Waals surface area contributed by atoms with Gasteiger partial charge < -0.3 is 4.74 Å². The number of nitrogens with zero attached hydrogens (tertiary/aromatic N) is 1. The first kappa shape index (κ1) is 13.8. The van der Waals surface area contributed by atoms with Gasteiger partial charge in [-0.1, -0.05) is 60.7 Å². The lowest BCUT2D eigenvalue weighted by Gasteiger charge is -2.20. The Bertz CT molecular complexity index is 649.